The van der Waals surface area contributed by atoms with Crippen molar-refractivity contribution in [2.24, 2.45) is 5.73 Å². The molecule has 2 unspecified atom stereocenters. The normalized spacial score (nSPS) is 13.8. The zero-order chi connectivity index (χ0) is 48.8. The number of nitrogens with two attached hydrogens (primary N) is 1. The number of phosphoric ester groups is 1. The first kappa shape index (κ1) is 64.2. The van der Waals surface area contributed by atoms with Crippen molar-refractivity contribution in [3.8, 4) is 0 Å². The number of allylic oxidation sites excluding steroid dienone is 14. The summed E-state index contributed by atoms with van der Waals surface area (Å²) < 4.78 is 32.9. The van der Waals surface area contributed by atoms with Gasteiger partial charge in [0.15, 0.2) is 6.10 Å². The van der Waals surface area contributed by atoms with Gasteiger partial charge in [0, 0.05) is 19.4 Å². The lowest BCUT2D eigenvalue weighted by molar-refractivity contribution is -0.161. The van der Waals surface area contributed by atoms with Gasteiger partial charge in [-0.2, -0.15) is 0 Å². The van der Waals surface area contributed by atoms with E-state index in [1.165, 1.54) is 109 Å². The van der Waals surface area contributed by atoms with Gasteiger partial charge in [0.05, 0.1) is 13.2 Å². The lowest BCUT2D eigenvalue weighted by atomic mass is 10.0. The number of esters is 2. The van der Waals surface area contributed by atoms with Crippen molar-refractivity contribution < 1.29 is 37.6 Å². The summed E-state index contributed by atoms with van der Waals surface area (Å²) in [5.41, 5.74) is 5.37. The van der Waals surface area contributed by atoms with Crippen molar-refractivity contribution in [1.82, 2.24) is 0 Å². The summed E-state index contributed by atoms with van der Waals surface area (Å²) in [4.78, 5) is 35.0. The van der Waals surface area contributed by atoms with E-state index < -0.39 is 26.5 Å². The second kappa shape index (κ2) is 52.6. The number of carbonyl (C=O) groups is 2. The first-order valence-corrected chi connectivity index (χ1v) is 28.6. The first-order valence-electron chi connectivity index (χ1n) is 27.1. The molecule has 386 valence electrons. The SMILES string of the molecule is CC/C=C\C/C=C\C/C=C\C/C=C\C/C=C\C/C=C\C/C=C\CCCCCCCCCCCCCC(=O)OC(COC(=O)CCCCCCCCCCCCCCC)COP(=O)(O)OCCN. The third-order valence-electron chi connectivity index (χ3n) is 11.3. The second-order valence-corrected chi connectivity index (χ2v) is 19.2. The summed E-state index contributed by atoms with van der Waals surface area (Å²) in [6.45, 7) is 3.63. The van der Waals surface area contributed by atoms with Crippen LogP contribution in [0.5, 0.6) is 0 Å². The van der Waals surface area contributed by atoms with Crippen LogP contribution in [0.15, 0.2) is 85.1 Å². The number of hydrogen-bond acceptors (Lipinski definition) is 8. The Balaban J connectivity index is 3.96. The topological polar surface area (TPSA) is 134 Å². The Morgan fingerprint density at radius 3 is 1.22 bits per heavy atom. The van der Waals surface area contributed by atoms with Gasteiger partial charge in [0.2, 0.25) is 0 Å². The maximum Gasteiger partial charge on any atom is 0.472 e. The van der Waals surface area contributed by atoms with E-state index in [9.17, 15) is 19.0 Å². The van der Waals surface area contributed by atoms with E-state index in [0.29, 0.717) is 6.42 Å². The highest BCUT2D eigenvalue weighted by Crippen LogP contribution is 2.43. The van der Waals surface area contributed by atoms with E-state index in [1.54, 1.807) is 0 Å². The third kappa shape index (κ3) is 52.4. The quantitative estimate of drug-likeness (QED) is 0.0264. The van der Waals surface area contributed by atoms with Crippen LogP contribution in [0.4, 0.5) is 0 Å². The molecule has 0 fully saturated rings. The van der Waals surface area contributed by atoms with E-state index in [4.69, 9.17) is 24.3 Å². The van der Waals surface area contributed by atoms with Crippen LogP contribution in [-0.4, -0.2) is 49.3 Å². The molecule has 0 aliphatic rings. The second-order valence-electron chi connectivity index (χ2n) is 17.7. The average Bonchev–Trinajstić information content (AvgIpc) is 3.32. The fourth-order valence-electron chi connectivity index (χ4n) is 7.32. The highest BCUT2D eigenvalue weighted by Gasteiger charge is 2.26. The molecule has 10 heteroatoms. The van der Waals surface area contributed by atoms with Crippen molar-refractivity contribution >= 4 is 19.8 Å². The van der Waals surface area contributed by atoms with Gasteiger partial charge in [-0.15, -0.1) is 0 Å². The molecule has 0 saturated carbocycles. The number of rotatable bonds is 50. The molecule has 0 aromatic carbocycles. The molecular weight excluding hydrogens is 858 g/mol. The van der Waals surface area contributed by atoms with E-state index in [-0.39, 0.29) is 38.6 Å². The van der Waals surface area contributed by atoms with Gasteiger partial charge in [-0.3, -0.25) is 18.6 Å². The fourth-order valence-corrected chi connectivity index (χ4v) is 8.09. The van der Waals surface area contributed by atoms with Crippen LogP contribution in [-0.2, 0) is 32.7 Å². The fraction of sp³-hybridized carbons (Fsp3) is 0.719. The molecule has 0 heterocycles. The first-order chi connectivity index (χ1) is 32.8. The van der Waals surface area contributed by atoms with Crippen LogP contribution < -0.4 is 5.73 Å². The Morgan fingerprint density at radius 1 is 0.463 bits per heavy atom. The predicted octanol–water partition coefficient (Wildman–Crippen LogP) is 16.7. The molecule has 3 N–H and O–H groups in total. The summed E-state index contributed by atoms with van der Waals surface area (Å²) in [6.07, 6.45) is 67.7. The van der Waals surface area contributed by atoms with Crippen molar-refractivity contribution in [3.05, 3.63) is 85.1 Å². The zero-order valence-electron chi connectivity index (χ0n) is 42.9. The van der Waals surface area contributed by atoms with Crippen molar-refractivity contribution in [2.75, 3.05) is 26.4 Å². The Morgan fingerprint density at radius 2 is 0.821 bits per heavy atom. The van der Waals surface area contributed by atoms with E-state index >= 15 is 0 Å². The summed E-state index contributed by atoms with van der Waals surface area (Å²) in [5, 5.41) is 0. The largest absolute Gasteiger partial charge is 0.472 e. The molecule has 2 atom stereocenters. The van der Waals surface area contributed by atoms with Crippen LogP contribution in [0, 0.1) is 0 Å². The van der Waals surface area contributed by atoms with Crippen molar-refractivity contribution in [2.45, 2.75) is 238 Å². The summed E-state index contributed by atoms with van der Waals surface area (Å²) in [5.74, 6) is -0.829. The predicted molar refractivity (Wildman–Crippen MR) is 284 cm³/mol. The van der Waals surface area contributed by atoms with E-state index in [2.05, 4.69) is 98.9 Å². The summed E-state index contributed by atoms with van der Waals surface area (Å²) in [7, 11) is -4.38. The minimum atomic E-state index is -4.38. The average molecular weight is 958 g/mol. The van der Waals surface area contributed by atoms with Crippen LogP contribution in [0.3, 0.4) is 0 Å². The van der Waals surface area contributed by atoms with Gasteiger partial charge in [0.1, 0.15) is 6.61 Å². The summed E-state index contributed by atoms with van der Waals surface area (Å²) >= 11 is 0. The molecule has 0 bridgehead atoms. The highest BCUT2D eigenvalue weighted by atomic mass is 31.2. The van der Waals surface area contributed by atoms with Gasteiger partial charge in [-0.1, -0.05) is 234 Å². The molecule has 0 aliphatic carbocycles. The lowest BCUT2D eigenvalue weighted by Gasteiger charge is -2.19. The Hall–Kier alpha value is -2.81. The molecule has 0 aromatic rings. The van der Waals surface area contributed by atoms with Crippen LogP contribution in [0.2, 0.25) is 0 Å². The maximum atomic E-state index is 12.7. The van der Waals surface area contributed by atoms with E-state index in [0.717, 1.165) is 89.9 Å². The molecule has 0 aliphatic heterocycles. The van der Waals surface area contributed by atoms with Crippen LogP contribution in [0.1, 0.15) is 232 Å². The minimum Gasteiger partial charge on any atom is -0.462 e. The molecule has 0 radical (unpaired) electrons. The third-order valence-corrected chi connectivity index (χ3v) is 12.3. The summed E-state index contributed by atoms with van der Waals surface area (Å²) in [6, 6.07) is 0. The number of carbonyl (C=O) groups excluding carboxylic acids is 2. The maximum absolute atomic E-state index is 12.7. The minimum absolute atomic E-state index is 0.0510. The molecular formula is C57H100NO8P. The number of hydrogen-bond donors (Lipinski definition) is 2. The standard InChI is InChI=1S/C57H100NO8P/c1-3-5-7-9-11-13-15-17-18-19-20-21-22-23-24-25-26-27-28-29-30-31-32-33-34-35-36-38-40-42-44-46-48-50-57(60)66-55(54-65-67(61,62)64-52-51-58)53-63-56(59)49-47-45-43-41-39-37-16-14-12-10-8-6-4-2/h5,7,11,13,17-18,20-21,23-24,26-27,29-30,55H,3-4,6,8-10,12,14-16,19,22,25,28,31-54,58H2,1-2H3,(H,61,62)/b7-5-,13-11-,18-17-,21-20-,24-23-,27-26-,30-29-. The molecule has 0 rings (SSSR count). The van der Waals surface area contributed by atoms with Crippen molar-refractivity contribution in [1.29, 1.82) is 0 Å². The highest BCUT2D eigenvalue weighted by molar-refractivity contribution is 7.47. The van der Waals surface area contributed by atoms with Crippen molar-refractivity contribution in [3.63, 3.8) is 0 Å². The number of ether oxygens (including phenoxy) is 2. The molecule has 0 amide bonds. The number of phosphoric acid groups is 1. The zero-order valence-corrected chi connectivity index (χ0v) is 43.8. The van der Waals surface area contributed by atoms with Gasteiger partial charge >= 0.3 is 19.8 Å². The van der Waals surface area contributed by atoms with Gasteiger partial charge in [-0.25, -0.2) is 4.57 Å². The van der Waals surface area contributed by atoms with Crippen LogP contribution in [0.25, 0.3) is 0 Å². The Kier molecular flexibility index (Phi) is 50.4. The van der Waals surface area contributed by atoms with Gasteiger partial charge < -0.3 is 20.1 Å². The molecule has 9 nitrogen and oxygen atoms in total. The molecule has 0 saturated heterocycles. The monoisotopic (exact) mass is 958 g/mol. The van der Waals surface area contributed by atoms with Gasteiger partial charge in [-0.05, 0) is 70.6 Å². The Labute approximate surface area is 411 Å². The van der Waals surface area contributed by atoms with E-state index in [1.807, 2.05) is 0 Å². The molecule has 0 spiro atoms. The molecule has 0 aromatic heterocycles. The van der Waals surface area contributed by atoms with Gasteiger partial charge in [0.25, 0.3) is 0 Å². The lowest BCUT2D eigenvalue weighted by Crippen LogP contribution is -2.29. The Bertz CT molecular complexity index is 1370. The molecule has 67 heavy (non-hydrogen) atoms. The van der Waals surface area contributed by atoms with Crippen LogP contribution >= 0.6 is 7.82 Å². The number of unbranched alkanes of at least 4 members (excludes halogenated alkanes) is 23. The smallest absolute Gasteiger partial charge is 0.462 e.